The Bertz CT molecular complexity index is 1750. The van der Waals surface area contributed by atoms with Crippen molar-refractivity contribution in [2.45, 2.75) is 0 Å². The Labute approximate surface area is 199 Å². The Kier molecular flexibility index (Phi) is 4.74. The van der Waals surface area contributed by atoms with Gasteiger partial charge in [-0.25, -0.2) is 0 Å². The third-order valence-electron chi connectivity index (χ3n) is 6.11. The standard InChI is InChI=1S/C28H19N3O2S/c1-31-23-12-6-7-13-25(23)34-28(31)30-29-22-16-21(19-10-4-5-11-20(19)27(22)33)26-18-9-3-2-8-17(18)14-15-24(26)32/h2-16,32H,1H3/b29-22+,30-28+. The lowest BCUT2D eigenvalue weighted by Crippen LogP contribution is -2.20. The first-order valence-electron chi connectivity index (χ1n) is 10.8. The van der Waals surface area contributed by atoms with Gasteiger partial charge in [-0.3, -0.25) is 4.79 Å². The van der Waals surface area contributed by atoms with Crippen molar-refractivity contribution < 1.29 is 9.90 Å². The lowest BCUT2D eigenvalue weighted by atomic mass is 9.83. The summed E-state index contributed by atoms with van der Waals surface area (Å²) in [6.45, 7) is 0. The first-order valence-corrected chi connectivity index (χ1v) is 11.7. The predicted molar refractivity (Wildman–Crippen MR) is 137 cm³/mol. The zero-order valence-electron chi connectivity index (χ0n) is 18.3. The van der Waals surface area contributed by atoms with Crippen LogP contribution in [0.2, 0.25) is 0 Å². The van der Waals surface area contributed by atoms with Gasteiger partial charge in [-0.2, -0.15) is 0 Å². The number of thiazole rings is 1. The summed E-state index contributed by atoms with van der Waals surface area (Å²) in [4.78, 5) is 14.0. The van der Waals surface area contributed by atoms with E-state index >= 15 is 0 Å². The molecule has 5 aromatic rings. The van der Waals surface area contributed by atoms with Crippen LogP contribution in [0.15, 0.2) is 101 Å². The summed E-state index contributed by atoms with van der Waals surface area (Å²) in [7, 11) is 1.94. The number of phenols is 1. The molecule has 0 spiro atoms. The summed E-state index contributed by atoms with van der Waals surface area (Å²) >= 11 is 1.52. The van der Waals surface area contributed by atoms with E-state index in [1.807, 2.05) is 84.4 Å². The molecule has 0 fully saturated rings. The van der Waals surface area contributed by atoms with Gasteiger partial charge in [-0.15, -0.1) is 10.2 Å². The highest BCUT2D eigenvalue weighted by atomic mass is 32.1. The molecule has 0 atom stereocenters. The molecule has 1 N–H and O–H groups in total. The maximum absolute atomic E-state index is 13.3. The average Bonchev–Trinajstić information content (AvgIpc) is 3.19. The van der Waals surface area contributed by atoms with Crippen LogP contribution in [0.4, 0.5) is 0 Å². The molecule has 0 saturated carbocycles. The van der Waals surface area contributed by atoms with E-state index in [2.05, 4.69) is 10.2 Å². The van der Waals surface area contributed by atoms with Gasteiger partial charge in [0.2, 0.25) is 10.6 Å². The summed E-state index contributed by atoms with van der Waals surface area (Å²) in [6, 6.07) is 26.9. The van der Waals surface area contributed by atoms with E-state index in [0.29, 0.717) is 15.9 Å². The molecular weight excluding hydrogens is 442 g/mol. The topological polar surface area (TPSA) is 66.9 Å². The molecule has 0 saturated heterocycles. The minimum absolute atomic E-state index is 0.154. The summed E-state index contributed by atoms with van der Waals surface area (Å²) in [5, 5.41) is 21.6. The number of rotatable bonds is 2. The highest BCUT2D eigenvalue weighted by Crippen LogP contribution is 2.39. The van der Waals surface area contributed by atoms with Gasteiger partial charge in [0, 0.05) is 18.2 Å². The van der Waals surface area contributed by atoms with Crippen LogP contribution in [0.25, 0.3) is 26.6 Å². The Morgan fingerprint density at radius 3 is 2.41 bits per heavy atom. The van der Waals surface area contributed by atoms with E-state index in [1.165, 1.54) is 11.3 Å². The number of nitrogens with zero attached hydrogens (tertiary/aromatic N) is 3. The van der Waals surface area contributed by atoms with Gasteiger partial charge >= 0.3 is 0 Å². The molecule has 1 aliphatic carbocycles. The average molecular weight is 462 g/mol. The molecule has 6 rings (SSSR count). The zero-order valence-corrected chi connectivity index (χ0v) is 19.1. The van der Waals surface area contributed by atoms with Crippen molar-refractivity contribution in [1.29, 1.82) is 0 Å². The molecule has 1 aliphatic rings. The maximum atomic E-state index is 13.3. The predicted octanol–water partition coefficient (Wildman–Crippen LogP) is 5.68. The SMILES string of the molecule is Cn1/c(=N\N=C2/C=C(c3c(O)ccc4ccccc34)c3ccccc3C2=O)sc2ccccc21. The molecular formula is C28H19N3O2S. The Hall–Kier alpha value is -4.29. The number of ketones is 1. The van der Waals surface area contributed by atoms with Crippen LogP contribution in [-0.4, -0.2) is 21.2 Å². The van der Waals surface area contributed by atoms with Crippen LogP contribution in [0, 0.1) is 0 Å². The fourth-order valence-electron chi connectivity index (χ4n) is 4.43. The van der Waals surface area contributed by atoms with Crippen LogP contribution < -0.4 is 4.80 Å². The lowest BCUT2D eigenvalue weighted by molar-refractivity contribution is 0.106. The summed E-state index contributed by atoms with van der Waals surface area (Å²) in [5.41, 5.74) is 4.03. The van der Waals surface area contributed by atoms with Crippen LogP contribution >= 0.6 is 11.3 Å². The molecule has 4 aromatic carbocycles. The highest BCUT2D eigenvalue weighted by Gasteiger charge is 2.27. The number of hydrogen-bond acceptors (Lipinski definition) is 5. The number of aromatic hydroxyl groups is 1. The van der Waals surface area contributed by atoms with Gasteiger partial charge in [0.1, 0.15) is 11.5 Å². The Morgan fingerprint density at radius 1 is 0.824 bits per heavy atom. The lowest BCUT2D eigenvalue weighted by Gasteiger charge is -2.20. The summed E-state index contributed by atoms with van der Waals surface area (Å²) in [6.07, 6.45) is 1.74. The fraction of sp³-hybridized carbons (Fsp3) is 0.0357. The zero-order chi connectivity index (χ0) is 23.2. The molecule has 0 bridgehead atoms. The van der Waals surface area contributed by atoms with Gasteiger partial charge in [0.05, 0.1) is 10.2 Å². The van der Waals surface area contributed by atoms with Gasteiger partial charge in [-0.05, 0) is 46.2 Å². The molecule has 0 radical (unpaired) electrons. The molecule has 1 heterocycles. The van der Waals surface area contributed by atoms with E-state index in [4.69, 9.17) is 0 Å². The molecule has 0 amide bonds. The number of hydrogen-bond donors (Lipinski definition) is 1. The normalized spacial score (nSPS) is 15.2. The second-order valence-corrected chi connectivity index (χ2v) is 9.12. The molecule has 34 heavy (non-hydrogen) atoms. The van der Waals surface area contributed by atoms with Crippen LogP contribution in [0.5, 0.6) is 5.75 Å². The minimum Gasteiger partial charge on any atom is -0.507 e. The number of carbonyl (C=O) groups is 1. The molecule has 5 nitrogen and oxygen atoms in total. The molecule has 1 aromatic heterocycles. The number of fused-ring (bicyclic) bond motifs is 3. The third-order valence-corrected chi connectivity index (χ3v) is 7.21. The number of aryl methyl sites for hydroxylation is 1. The van der Waals surface area contributed by atoms with E-state index in [1.54, 1.807) is 18.2 Å². The Balaban J connectivity index is 1.60. The second-order valence-electron chi connectivity index (χ2n) is 8.11. The van der Waals surface area contributed by atoms with E-state index in [9.17, 15) is 9.90 Å². The largest absolute Gasteiger partial charge is 0.507 e. The van der Waals surface area contributed by atoms with E-state index in [-0.39, 0.29) is 17.2 Å². The van der Waals surface area contributed by atoms with Gasteiger partial charge in [0.25, 0.3) is 0 Å². The van der Waals surface area contributed by atoms with Crippen LogP contribution in [0.3, 0.4) is 0 Å². The van der Waals surface area contributed by atoms with Gasteiger partial charge in [0.15, 0.2) is 0 Å². The smallest absolute Gasteiger partial charge is 0.213 e. The minimum atomic E-state index is -0.188. The summed E-state index contributed by atoms with van der Waals surface area (Å²) < 4.78 is 3.06. The van der Waals surface area contributed by atoms with Crippen molar-refractivity contribution in [1.82, 2.24) is 4.57 Å². The number of para-hydroxylation sites is 1. The quantitative estimate of drug-likeness (QED) is 0.344. The van der Waals surface area contributed by atoms with Crippen LogP contribution in [-0.2, 0) is 7.05 Å². The van der Waals surface area contributed by atoms with Crippen molar-refractivity contribution in [2.75, 3.05) is 0 Å². The number of aromatic nitrogens is 1. The monoisotopic (exact) mass is 461 g/mol. The van der Waals surface area contributed by atoms with Crippen molar-refractivity contribution >= 4 is 49.4 Å². The van der Waals surface area contributed by atoms with Gasteiger partial charge in [-0.1, -0.05) is 78.1 Å². The van der Waals surface area contributed by atoms with Crippen molar-refractivity contribution in [2.24, 2.45) is 17.3 Å². The number of benzene rings is 4. The number of allylic oxidation sites excluding steroid dienone is 1. The molecule has 0 unspecified atom stereocenters. The molecule has 0 aliphatic heterocycles. The number of Topliss-reactive ketones (excluding diaryl/α,β-unsaturated/α-hetero) is 1. The molecule has 6 heteroatoms. The third kappa shape index (κ3) is 3.19. The van der Waals surface area contributed by atoms with Crippen molar-refractivity contribution in [3.05, 3.63) is 112 Å². The van der Waals surface area contributed by atoms with E-state index in [0.717, 1.165) is 32.1 Å². The number of carbonyl (C=O) groups excluding carboxylic acids is 1. The van der Waals surface area contributed by atoms with Crippen LogP contribution in [0.1, 0.15) is 21.5 Å². The summed E-state index contributed by atoms with van der Waals surface area (Å²) in [5.74, 6) is -0.0344. The number of phenolic OH excluding ortho intramolecular Hbond substituents is 1. The first kappa shape index (κ1) is 20.3. The Morgan fingerprint density at radius 2 is 1.56 bits per heavy atom. The first-order chi connectivity index (χ1) is 16.6. The second kappa shape index (κ2) is 7.93. The van der Waals surface area contributed by atoms with Crippen molar-refractivity contribution in [3.8, 4) is 5.75 Å². The van der Waals surface area contributed by atoms with Gasteiger partial charge < -0.3 is 9.67 Å². The van der Waals surface area contributed by atoms with E-state index < -0.39 is 0 Å². The van der Waals surface area contributed by atoms with Crippen molar-refractivity contribution in [3.63, 3.8) is 0 Å². The molecule has 164 valence electrons. The highest BCUT2D eigenvalue weighted by molar-refractivity contribution is 7.16. The maximum Gasteiger partial charge on any atom is 0.213 e. The fourth-order valence-corrected chi connectivity index (χ4v) is 5.40.